The minimum atomic E-state index is -0.980. The Morgan fingerprint density at radius 1 is 0.750 bits per heavy atom. The molecule has 2 aromatic carbocycles. The number of nitrogens with one attached hydrogen (secondary N) is 2. The fraction of sp³-hybridized carbons (Fsp3) is 0.395. The lowest BCUT2D eigenvalue weighted by atomic mass is 9.91. The molecule has 1 saturated carbocycles. The first-order valence-electron chi connectivity index (χ1n) is 19.7. The normalized spacial score (nSPS) is 21.7. The van der Waals surface area contributed by atoms with Crippen LogP contribution in [0.1, 0.15) is 78.5 Å². The molecule has 3 aliphatic heterocycles. The van der Waals surface area contributed by atoms with Crippen molar-refractivity contribution >= 4 is 45.4 Å². The van der Waals surface area contributed by atoms with Gasteiger partial charge in [-0.15, -0.1) is 0 Å². The maximum absolute atomic E-state index is 13.1. The average Bonchev–Trinajstić information content (AvgIpc) is 3.69. The number of aromatic nitrogens is 3. The highest BCUT2D eigenvalue weighted by Gasteiger charge is 2.44. The molecule has 4 amide bonds. The van der Waals surface area contributed by atoms with Gasteiger partial charge in [-0.3, -0.25) is 34.4 Å². The molecule has 5 aromatic rings. The standard InChI is InChI=1S/C43H44N6O7/c50-39-10-9-38(41(51)47-39)49-42(52)33-8-6-29(23-34(33)43(49)53)54-19-3-1-2-16-48-17-13-28(14-18-48)55-30-21-31(22-30)56-40-11-5-27(24-45-40)26-4-7-32-35-25-44-15-12-36(35)46-37(32)20-26/h4-8,11-12,15,20,23-25,28,30-31,38,46H,1-3,9-10,13-14,16-19,21-22H2,(H,47,50,51)/t30-,31-,38?. The molecule has 3 aromatic heterocycles. The molecule has 3 fully saturated rings. The van der Waals surface area contributed by atoms with Gasteiger partial charge in [0.05, 0.1) is 29.9 Å². The fourth-order valence-corrected chi connectivity index (χ4v) is 8.33. The first kappa shape index (κ1) is 36.0. The maximum Gasteiger partial charge on any atom is 0.262 e. The predicted octanol–water partition coefficient (Wildman–Crippen LogP) is 5.82. The molecule has 13 heteroatoms. The topological polar surface area (TPSA) is 156 Å². The van der Waals surface area contributed by atoms with Crippen molar-refractivity contribution in [1.82, 2.24) is 30.1 Å². The Morgan fingerprint density at radius 2 is 1.59 bits per heavy atom. The van der Waals surface area contributed by atoms with Crippen molar-refractivity contribution in [2.75, 3.05) is 26.2 Å². The van der Waals surface area contributed by atoms with E-state index in [-0.39, 0.29) is 36.2 Å². The molecule has 9 rings (SSSR count). The van der Waals surface area contributed by atoms with Gasteiger partial charge in [0.2, 0.25) is 17.7 Å². The first-order chi connectivity index (χ1) is 27.4. The summed E-state index contributed by atoms with van der Waals surface area (Å²) >= 11 is 0. The molecule has 6 heterocycles. The number of unbranched alkanes of at least 4 members (excludes halogenated alkanes) is 2. The number of rotatable bonds is 13. The van der Waals surface area contributed by atoms with Crippen molar-refractivity contribution in [3.8, 4) is 22.8 Å². The van der Waals surface area contributed by atoms with Crippen LogP contribution in [0.5, 0.6) is 11.6 Å². The zero-order chi connectivity index (χ0) is 38.2. The summed E-state index contributed by atoms with van der Waals surface area (Å²) in [6, 6.07) is 16.3. The van der Waals surface area contributed by atoms with E-state index in [9.17, 15) is 19.2 Å². The number of hydrogen-bond acceptors (Lipinski definition) is 10. The minimum Gasteiger partial charge on any atom is -0.494 e. The number of amides is 4. The highest BCUT2D eigenvalue weighted by Crippen LogP contribution is 2.33. The molecular weight excluding hydrogens is 713 g/mol. The van der Waals surface area contributed by atoms with Crippen molar-refractivity contribution in [3.05, 3.63) is 84.3 Å². The Bertz CT molecular complexity index is 2290. The summed E-state index contributed by atoms with van der Waals surface area (Å²) in [7, 11) is 0. The molecule has 13 nitrogen and oxygen atoms in total. The van der Waals surface area contributed by atoms with Crippen LogP contribution >= 0.6 is 0 Å². The van der Waals surface area contributed by atoms with E-state index < -0.39 is 29.7 Å². The van der Waals surface area contributed by atoms with E-state index in [1.807, 2.05) is 24.5 Å². The number of benzene rings is 2. The quantitative estimate of drug-likeness (QED) is 0.111. The number of pyridine rings is 2. The molecule has 4 aliphatic rings. The van der Waals surface area contributed by atoms with Gasteiger partial charge < -0.3 is 24.1 Å². The van der Waals surface area contributed by atoms with Gasteiger partial charge in [0.15, 0.2) is 0 Å². The van der Waals surface area contributed by atoms with Gasteiger partial charge in [-0.25, -0.2) is 4.98 Å². The number of likely N-dealkylation sites (tertiary alicyclic amines) is 1. The molecule has 0 bridgehead atoms. The lowest BCUT2D eigenvalue weighted by Gasteiger charge is -2.39. The summed E-state index contributed by atoms with van der Waals surface area (Å²) in [6.07, 6.45) is 13.3. The molecule has 56 heavy (non-hydrogen) atoms. The van der Waals surface area contributed by atoms with Gasteiger partial charge in [-0.05, 0) is 87.0 Å². The second-order valence-corrected chi connectivity index (χ2v) is 15.3. The van der Waals surface area contributed by atoms with Gasteiger partial charge in [-0.2, -0.15) is 0 Å². The SMILES string of the molecule is O=C1CCC(N2C(=O)c3ccc(OCCCCCN4CCC(O[C@H]5C[C@H](Oc6ccc(-c7ccc8c(c7)[nH]c7ccncc78)cn6)C5)CC4)cc3C2=O)C(=O)N1. The summed E-state index contributed by atoms with van der Waals surface area (Å²) in [5, 5.41) is 4.50. The number of fused-ring (bicyclic) bond motifs is 4. The van der Waals surface area contributed by atoms with Gasteiger partial charge in [0.25, 0.3) is 11.8 Å². The van der Waals surface area contributed by atoms with E-state index in [1.54, 1.807) is 24.4 Å². The van der Waals surface area contributed by atoms with Crippen LogP contribution in [0.2, 0.25) is 0 Å². The Hall–Kier alpha value is -5.66. The predicted molar refractivity (Wildman–Crippen MR) is 207 cm³/mol. The van der Waals surface area contributed by atoms with Gasteiger partial charge in [0, 0.05) is 84.4 Å². The highest BCUT2D eigenvalue weighted by molar-refractivity contribution is 6.23. The summed E-state index contributed by atoms with van der Waals surface area (Å²) in [6.45, 7) is 3.61. The number of carbonyl (C=O) groups is 4. The summed E-state index contributed by atoms with van der Waals surface area (Å²) in [4.78, 5) is 65.6. The Morgan fingerprint density at radius 3 is 2.41 bits per heavy atom. The van der Waals surface area contributed by atoms with Crippen molar-refractivity contribution in [3.63, 3.8) is 0 Å². The number of H-pyrrole nitrogens is 1. The lowest BCUT2D eigenvalue weighted by Crippen LogP contribution is -2.54. The summed E-state index contributed by atoms with van der Waals surface area (Å²) < 4.78 is 18.5. The third kappa shape index (κ3) is 7.36. The zero-order valence-corrected chi connectivity index (χ0v) is 31.1. The highest BCUT2D eigenvalue weighted by atomic mass is 16.5. The molecular formula is C43H44N6O7. The molecule has 2 N–H and O–H groups in total. The van der Waals surface area contributed by atoms with E-state index in [0.717, 1.165) is 102 Å². The molecule has 1 unspecified atom stereocenters. The van der Waals surface area contributed by atoms with Crippen LogP contribution in [0.4, 0.5) is 0 Å². The number of hydrogen-bond donors (Lipinski definition) is 2. The molecule has 288 valence electrons. The number of carbonyl (C=O) groups excluding carboxylic acids is 4. The Labute approximate surface area is 323 Å². The van der Waals surface area contributed by atoms with Crippen molar-refractivity contribution < 1.29 is 33.4 Å². The van der Waals surface area contributed by atoms with E-state index >= 15 is 0 Å². The monoisotopic (exact) mass is 756 g/mol. The van der Waals surface area contributed by atoms with Gasteiger partial charge in [-0.1, -0.05) is 12.1 Å². The second kappa shape index (κ2) is 15.5. The number of aromatic amines is 1. The van der Waals surface area contributed by atoms with Crippen molar-refractivity contribution in [2.24, 2.45) is 0 Å². The molecule has 1 aliphatic carbocycles. The van der Waals surface area contributed by atoms with Crippen molar-refractivity contribution in [1.29, 1.82) is 0 Å². The van der Waals surface area contributed by atoms with Crippen LogP contribution in [0.15, 0.2) is 73.2 Å². The summed E-state index contributed by atoms with van der Waals surface area (Å²) in [5.41, 5.74) is 4.77. The van der Waals surface area contributed by atoms with Crippen LogP contribution in [0.25, 0.3) is 32.9 Å². The largest absolute Gasteiger partial charge is 0.494 e. The average molecular weight is 757 g/mol. The Kier molecular flexibility index (Phi) is 9.94. The molecule has 0 radical (unpaired) electrons. The third-order valence-electron chi connectivity index (χ3n) is 11.5. The molecule has 2 saturated heterocycles. The zero-order valence-electron chi connectivity index (χ0n) is 31.1. The van der Waals surface area contributed by atoms with Crippen LogP contribution in [0.3, 0.4) is 0 Å². The second-order valence-electron chi connectivity index (χ2n) is 15.3. The third-order valence-corrected chi connectivity index (χ3v) is 11.5. The van der Waals surface area contributed by atoms with Gasteiger partial charge in [0.1, 0.15) is 17.9 Å². The number of ether oxygens (including phenoxy) is 3. The summed E-state index contributed by atoms with van der Waals surface area (Å²) in [5.74, 6) is -0.906. The van der Waals surface area contributed by atoms with Gasteiger partial charge >= 0.3 is 0 Å². The minimum absolute atomic E-state index is 0.0875. The smallest absolute Gasteiger partial charge is 0.262 e. The van der Waals surface area contributed by atoms with E-state index in [4.69, 9.17) is 14.2 Å². The fourth-order valence-electron chi connectivity index (χ4n) is 8.33. The lowest BCUT2D eigenvalue weighted by molar-refractivity contribution is -0.136. The van der Waals surface area contributed by atoms with Crippen molar-refractivity contribution in [2.45, 2.75) is 82.1 Å². The van der Waals surface area contributed by atoms with Crippen LogP contribution in [0, 0.1) is 0 Å². The van der Waals surface area contributed by atoms with E-state index in [1.165, 1.54) is 0 Å². The molecule has 1 atom stereocenters. The van der Waals surface area contributed by atoms with Crippen LogP contribution in [-0.4, -0.2) is 99.0 Å². The number of piperidine rings is 2. The maximum atomic E-state index is 13.1. The molecule has 0 spiro atoms. The number of nitrogens with zero attached hydrogens (tertiary/aromatic N) is 4. The Balaban J connectivity index is 0.644. The van der Waals surface area contributed by atoms with E-state index in [0.29, 0.717) is 24.3 Å². The van der Waals surface area contributed by atoms with E-state index in [2.05, 4.69) is 49.4 Å². The van der Waals surface area contributed by atoms with Crippen LogP contribution in [-0.2, 0) is 14.3 Å². The first-order valence-corrected chi connectivity index (χ1v) is 19.7. The number of imide groups is 2. The van der Waals surface area contributed by atoms with Crippen LogP contribution < -0.4 is 14.8 Å².